The van der Waals surface area contributed by atoms with Crippen molar-refractivity contribution >= 4 is 15.9 Å². The maximum atomic E-state index is 12.2. The molecule has 0 aliphatic carbocycles. The van der Waals surface area contributed by atoms with Crippen LogP contribution in [0.2, 0.25) is 0 Å². The van der Waals surface area contributed by atoms with Crippen LogP contribution < -0.4 is 19.9 Å². The lowest BCUT2D eigenvalue weighted by Gasteiger charge is -2.10. The van der Waals surface area contributed by atoms with Gasteiger partial charge in [-0.2, -0.15) is 0 Å². The normalized spacial score (nSPS) is 11.1. The summed E-state index contributed by atoms with van der Waals surface area (Å²) < 4.78 is 37.6. The van der Waals surface area contributed by atoms with Crippen molar-refractivity contribution in [1.29, 1.82) is 0 Å². The second-order valence-electron chi connectivity index (χ2n) is 4.67. The largest absolute Gasteiger partial charge is 0.496 e. The Morgan fingerprint density at radius 1 is 1.38 bits per heavy atom. The predicted octanol–water partition coefficient (Wildman–Crippen LogP) is -0.157. The van der Waals surface area contributed by atoms with E-state index in [1.165, 1.54) is 19.2 Å². The van der Waals surface area contributed by atoms with E-state index in [0.29, 0.717) is 5.69 Å². The van der Waals surface area contributed by atoms with Crippen molar-refractivity contribution in [2.45, 2.75) is 11.8 Å². The van der Waals surface area contributed by atoms with Crippen LogP contribution in [-0.2, 0) is 10.0 Å². The molecule has 1 aromatic carbocycles. The molecule has 0 saturated heterocycles. The maximum absolute atomic E-state index is 12.2. The SMILES string of the molecule is COc1ccc(S(N)(=O)=O)cc1C(=O)NCCOc1nonc1C. The molecule has 2 rings (SSSR count). The molecule has 1 aromatic heterocycles. The molecule has 0 radical (unpaired) electrons. The molecule has 0 fully saturated rings. The Bertz CT molecular complexity index is 833. The first-order chi connectivity index (χ1) is 11.3. The van der Waals surface area contributed by atoms with Gasteiger partial charge in [0.25, 0.3) is 11.8 Å². The first-order valence-corrected chi connectivity index (χ1v) is 8.28. The minimum absolute atomic E-state index is 0.0447. The van der Waals surface area contributed by atoms with Gasteiger partial charge in [-0.05, 0) is 30.3 Å². The number of carbonyl (C=O) groups excluding carboxylic acids is 1. The maximum Gasteiger partial charge on any atom is 0.278 e. The van der Waals surface area contributed by atoms with Crippen LogP contribution in [0.4, 0.5) is 0 Å². The van der Waals surface area contributed by atoms with Gasteiger partial charge in [0.1, 0.15) is 18.1 Å². The number of aromatic nitrogens is 2. The molecule has 0 aliphatic heterocycles. The van der Waals surface area contributed by atoms with Crippen molar-refractivity contribution in [2.24, 2.45) is 5.14 Å². The van der Waals surface area contributed by atoms with Gasteiger partial charge >= 0.3 is 0 Å². The number of rotatable bonds is 7. The highest BCUT2D eigenvalue weighted by atomic mass is 32.2. The number of benzene rings is 1. The van der Waals surface area contributed by atoms with Crippen LogP contribution in [0.15, 0.2) is 27.7 Å². The standard InChI is InChI=1S/C13H16N4O6S/c1-8-13(17-23-16-8)22-6-5-15-12(18)10-7-9(24(14,19)20)3-4-11(10)21-2/h3-4,7H,5-6H2,1-2H3,(H,15,18)(H2,14,19,20). The average molecular weight is 356 g/mol. The molecule has 0 bridgehead atoms. The summed E-state index contributed by atoms with van der Waals surface area (Å²) in [5, 5.41) is 14.7. The van der Waals surface area contributed by atoms with E-state index in [-0.39, 0.29) is 35.2 Å². The number of carbonyl (C=O) groups is 1. The number of nitrogens with one attached hydrogen (secondary N) is 1. The van der Waals surface area contributed by atoms with Crippen LogP contribution >= 0.6 is 0 Å². The van der Waals surface area contributed by atoms with Gasteiger partial charge in [0.2, 0.25) is 10.0 Å². The minimum Gasteiger partial charge on any atom is -0.496 e. The van der Waals surface area contributed by atoms with E-state index in [1.54, 1.807) is 6.92 Å². The van der Waals surface area contributed by atoms with E-state index < -0.39 is 15.9 Å². The number of primary sulfonamides is 1. The van der Waals surface area contributed by atoms with E-state index in [4.69, 9.17) is 14.6 Å². The van der Waals surface area contributed by atoms with Gasteiger partial charge in [-0.25, -0.2) is 18.2 Å². The van der Waals surface area contributed by atoms with Gasteiger partial charge in [-0.3, -0.25) is 4.79 Å². The highest BCUT2D eigenvalue weighted by molar-refractivity contribution is 7.89. The molecule has 0 aliphatic rings. The highest BCUT2D eigenvalue weighted by Gasteiger charge is 2.17. The Morgan fingerprint density at radius 3 is 2.71 bits per heavy atom. The second kappa shape index (κ2) is 7.27. The number of methoxy groups -OCH3 is 1. The summed E-state index contributed by atoms with van der Waals surface area (Å²) in [7, 11) is -2.56. The number of sulfonamides is 1. The van der Waals surface area contributed by atoms with E-state index in [1.807, 2.05) is 0 Å². The van der Waals surface area contributed by atoms with Crippen LogP contribution in [0.25, 0.3) is 0 Å². The number of hydrogen-bond acceptors (Lipinski definition) is 8. The summed E-state index contributed by atoms with van der Waals surface area (Å²) >= 11 is 0. The second-order valence-corrected chi connectivity index (χ2v) is 6.23. The van der Waals surface area contributed by atoms with Crippen LogP contribution in [-0.4, -0.2) is 44.9 Å². The molecule has 3 N–H and O–H groups in total. The lowest BCUT2D eigenvalue weighted by Crippen LogP contribution is -2.29. The molecular formula is C13H16N4O6S. The van der Waals surface area contributed by atoms with Gasteiger partial charge in [-0.1, -0.05) is 5.16 Å². The third-order valence-corrected chi connectivity index (χ3v) is 3.89. The van der Waals surface area contributed by atoms with Crippen LogP contribution in [0.3, 0.4) is 0 Å². The Labute approximate surface area is 137 Å². The Kier molecular flexibility index (Phi) is 5.36. The molecule has 0 unspecified atom stereocenters. The van der Waals surface area contributed by atoms with Gasteiger partial charge in [0.05, 0.1) is 24.1 Å². The zero-order valence-electron chi connectivity index (χ0n) is 13.0. The van der Waals surface area contributed by atoms with E-state index >= 15 is 0 Å². The van der Waals surface area contributed by atoms with Crippen molar-refractivity contribution in [3.63, 3.8) is 0 Å². The lowest BCUT2D eigenvalue weighted by atomic mass is 10.2. The number of aryl methyl sites for hydroxylation is 1. The topological polar surface area (TPSA) is 147 Å². The average Bonchev–Trinajstić information content (AvgIpc) is 2.95. The van der Waals surface area contributed by atoms with Crippen LogP contribution in [0.5, 0.6) is 11.6 Å². The van der Waals surface area contributed by atoms with Crippen LogP contribution in [0, 0.1) is 6.92 Å². The summed E-state index contributed by atoms with van der Waals surface area (Å²) in [4.78, 5) is 12.0. The van der Waals surface area contributed by atoms with E-state index in [9.17, 15) is 13.2 Å². The van der Waals surface area contributed by atoms with Crippen molar-refractivity contribution in [1.82, 2.24) is 15.6 Å². The molecule has 11 heteroatoms. The predicted molar refractivity (Wildman–Crippen MR) is 81.2 cm³/mol. The molecule has 24 heavy (non-hydrogen) atoms. The Morgan fingerprint density at radius 2 is 2.12 bits per heavy atom. The third kappa shape index (κ3) is 4.20. The zero-order chi connectivity index (χ0) is 17.7. The molecule has 2 aromatic rings. The molecule has 0 spiro atoms. The van der Waals surface area contributed by atoms with Crippen molar-refractivity contribution in [3.8, 4) is 11.6 Å². The van der Waals surface area contributed by atoms with E-state index in [2.05, 4.69) is 20.3 Å². The smallest absolute Gasteiger partial charge is 0.278 e. The number of hydrogen-bond donors (Lipinski definition) is 2. The fourth-order valence-electron chi connectivity index (χ4n) is 1.80. The van der Waals surface area contributed by atoms with Crippen LogP contribution in [0.1, 0.15) is 16.1 Å². The Hall–Kier alpha value is -2.66. The summed E-state index contributed by atoms with van der Waals surface area (Å²) in [6, 6.07) is 3.76. The van der Waals surface area contributed by atoms with Gasteiger partial charge in [0.15, 0.2) is 0 Å². The monoisotopic (exact) mass is 356 g/mol. The van der Waals surface area contributed by atoms with Gasteiger partial charge in [-0.15, -0.1) is 0 Å². The fourth-order valence-corrected chi connectivity index (χ4v) is 2.34. The summed E-state index contributed by atoms with van der Waals surface area (Å²) in [6.45, 7) is 1.93. The molecule has 130 valence electrons. The number of ether oxygens (including phenoxy) is 2. The van der Waals surface area contributed by atoms with Crippen molar-refractivity contribution in [3.05, 3.63) is 29.5 Å². The summed E-state index contributed by atoms with van der Waals surface area (Å²) in [5.41, 5.74) is 0.534. The molecule has 10 nitrogen and oxygen atoms in total. The highest BCUT2D eigenvalue weighted by Crippen LogP contribution is 2.21. The van der Waals surface area contributed by atoms with Gasteiger partial charge in [0, 0.05) is 0 Å². The summed E-state index contributed by atoms with van der Waals surface area (Å²) in [6.07, 6.45) is 0. The quantitative estimate of drug-likeness (QED) is 0.651. The lowest BCUT2D eigenvalue weighted by molar-refractivity contribution is 0.0943. The number of nitrogens with zero attached hydrogens (tertiary/aromatic N) is 2. The number of amides is 1. The molecule has 1 heterocycles. The van der Waals surface area contributed by atoms with Crippen molar-refractivity contribution < 1.29 is 27.3 Å². The first-order valence-electron chi connectivity index (χ1n) is 6.74. The molecule has 0 saturated carbocycles. The number of nitrogens with two attached hydrogens (primary N) is 1. The zero-order valence-corrected chi connectivity index (χ0v) is 13.8. The minimum atomic E-state index is -3.93. The molecular weight excluding hydrogens is 340 g/mol. The van der Waals surface area contributed by atoms with Gasteiger partial charge < -0.3 is 14.8 Å². The third-order valence-electron chi connectivity index (χ3n) is 2.98. The van der Waals surface area contributed by atoms with E-state index in [0.717, 1.165) is 6.07 Å². The molecule has 1 amide bonds. The Balaban J connectivity index is 2.02. The molecule has 0 atom stereocenters. The van der Waals surface area contributed by atoms with Crippen molar-refractivity contribution in [2.75, 3.05) is 20.3 Å². The first kappa shape index (κ1) is 17.7. The fraction of sp³-hybridized carbons (Fsp3) is 0.308. The summed E-state index contributed by atoms with van der Waals surface area (Å²) in [5.74, 6) is -0.0774.